The molecule has 4 atom stereocenters. The monoisotopic (exact) mass is 328 g/mol. The van der Waals surface area contributed by atoms with Crippen LogP contribution in [0.5, 0.6) is 0 Å². The minimum Gasteiger partial charge on any atom is -0.466 e. The predicted molar refractivity (Wildman–Crippen MR) is 75.4 cm³/mol. The molecule has 0 aromatic carbocycles. The summed E-state index contributed by atoms with van der Waals surface area (Å²) in [6, 6.07) is 0. The molecular formula is C13H16N2O8. The van der Waals surface area contributed by atoms with Crippen LogP contribution in [0, 0.1) is 0 Å². The van der Waals surface area contributed by atoms with Gasteiger partial charge in [-0.1, -0.05) is 0 Å². The lowest BCUT2D eigenvalue weighted by Crippen LogP contribution is -2.38. The maximum absolute atomic E-state index is 11.9. The number of aliphatic hydroxyl groups excluding tert-OH is 3. The fraction of sp³-hybridized carbons (Fsp3) is 0.462. The summed E-state index contributed by atoms with van der Waals surface area (Å²) in [5, 5.41) is 28.7. The van der Waals surface area contributed by atoms with Crippen molar-refractivity contribution in [3.8, 4) is 0 Å². The lowest BCUT2D eigenvalue weighted by atomic mass is 10.1. The van der Waals surface area contributed by atoms with Gasteiger partial charge in [-0.2, -0.15) is 0 Å². The highest BCUT2D eigenvalue weighted by Crippen LogP contribution is 2.27. The van der Waals surface area contributed by atoms with Crippen LogP contribution in [0.4, 0.5) is 0 Å². The first kappa shape index (κ1) is 17.1. The van der Waals surface area contributed by atoms with Crippen LogP contribution < -0.4 is 11.2 Å². The molecule has 0 amide bonds. The number of rotatable bonds is 4. The lowest BCUT2D eigenvalue weighted by Gasteiger charge is -2.17. The molecule has 1 saturated heterocycles. The minimum absolute atomic E-state index is 0.0623. The Bertz CT molecular complexity index is 721. The third-order valence-electron chi connectivity index (χ3n) is 3.39. The molecule has 1 aromatic rings. The molecule has 1 aromatic heterocycles. The number of nitrogens with one attached hydrogen (secondary N) is 1. The van der Waals surface area contributed by atoms with Crippen LogP contribution in [0.15, 0.2) is 21.9 Å². The summed E-state index contributed by atoms with van der Waals surface area (Å²) in [7, 11) is 1.16. The molecule has 23 heavy (non-hydrogen) atoms. The van der Waals surface area contributed by atoms with Crippen LogP contribution in [0.2, 0.25) is 0 Å². The van der Waals surface area contributed by atoms with Crippen LogP contribution in [0.3, 0.4) is 0 Å². The van der Waals surface area contributed by atoms with Crippen LogP contribution in [-0.4, -0.2) is 62.9 Å². The van der Waals surface area contributed by atoms with Gasteiger partial charge in [-0.15, -0.1) is 0 Å². The molecule has 126 valence electrons. The SMILES string of the molecule is COC(=O)/C=C/c1cn([C@@H]2O[C@H](CO)[C@H](O)C2O)c(=O)[nH]c1=O. The fourth-order valence-electron chi connectivity index (χ4n) is 2.14. The van der Waals surface area contributed by atoms with E-state index in [0.717, 1.165) is 30.0 Å². The molecule has 0 bridgehead atoms. The second-order valence-corrected chi connectivity index (χ2v) is 4.84. The summed E-state index contributed by atoms with van der Waals surface area (Å²) in [4.78, 5) is 36.7. The topological polar surface area (TPSA) is 151 Å². The van der Waals surface area contributed by atoms with Crippen LogP contribution in [0.1, 0.15) is 11.8 Å². The van der Waals surface area contributed by atoms with Crippen LogP contribution in [0.25, 0.3) is 6.08 Å². The molecule has 1 aliphatic rings. The van der Waals surface area contributed by atoms with Gasteiger partial charge in [0, 0.05) is 12.3 Å². The summed E-state index contributed by atoms with van der Waals surface area (Å²) >= 11 is 0. The highest BCUT2D eigenvalue weighted by molar-refractivity contribution is 5.86. The summed E-state index contributed by atoms with van der Waals surface area (Å²) in [5.74, 6) is -0.699. The number of carbonyl (C=O) groups excluding carboxylic acids is 1. The Morgan fingerprint density at radius 3 is 2.70 bits per heavy atom. The Labute approximate surface area is 129 Å². The number of H-pyrrole nitrogens is 1. The van der Waals surface area contributed by atoms with E-state index in [0.29, 0.717) is 0 Å². The largest absolute Gasteiger partial charge is 0.466 e. The number of ether oxygens (including phenoxy) is 2. The van der Waals surface area contributed by atoms with Gasteiger partial charge in [0.2, 0.25) is 0 Å². The van der Waals surface area contributed by atoms with Crippen molar-refractivity contribution in [3.63, 3.8) is 0 Å². The molecule has 4 N–H and O–H groups in total. The van der Waals surface area contributed by atoms with Gasteiger partial charge in [-0.05, 0) is 6.08 Å². The maximum atomic E-state index is 11.9. The lowest BCUT2D eigenvalue weighted by molar-refractivity contribution is -0.134. The van der Waals surface area contributed by atoms with E-state index in [4.69, 9.17) is 9.84 Å². The van der Waals surface area contributed by atoms with E-state index in [9.17, 15) is 24.6 Å². The smallest absolute Gasteiger partial charge is 0.330 e. The van der Waals surface area contributed by atoms with Crippen molar-refractivity contribution in [1.29, 1.82) is 0 Å². The molecule has 2 rings (SSSR count). The highest BCUT2D eigenvalue weighted by Gasteiger charge is 2.43. The number of aromatic nitrogens is 2. The zero-order valence-electron chi connectivity index (χ0n) is 12.1. The molecule has 0 spiro atoms. The highest BCUT2D eigenvalue weighted by atomic mass is 16.6. The van der Waals surface area contributed by atoms with Crippen molar-refractivity contribution < 1.29 is 29.6 Å². The third kappa shape index (κ3) is 3.40. The van der Waals surface area contributed by atoms with Gasteiger partial charge in [0.1, 0.15) is 18.3 Å². The molecule has 1 aliphatic heterocycles. The first-order valence-corrected chi connectivity index (χ1v) is 6.63. The molecule has 0 saturated carbocycles. The number of aromatic amines is 1. The number of methoxy groups -OCH3 is 1. The number of hydrogen-bond donors (Lipinski definition) is 4. The Hall–Kier alpha value is -2.27. The van der Waals surface area contributed by atoms with Gasteiger partial charge in [0.05, 0.1) is 19.3 Å². The van der Waals surface area contributed by atoms with Crippen molar-refractivity contribution in [2.45, 2.75) is 24.5 Å². The van der Waals surface area contributed by atoms with E-state index in [1.807, 2.05) is 4.98 Å². The molecule has 10 heteroatoms. The molecule has 10 nitrogen and oxygen atoms in total. The number of hydrogen-bond acceptors (Lipinski definition) is 8. The Morgan fingerprint density at radius 2 is 2.13 bits per heavy atom. The first-order valence-electron chi connectivity index (χ1n) is 6.63. The van der Waals surface area contributed by atoms with Gasteiger partial charge < -0.3 is 24.8 Å². The van der Waals surface area contributed by atoms with Crippen molar-refractivity contribution in [2.24, 2.45) is 0 Å². The van der Waals surface area contributed by atoms with Gasteiger partial charge in [0.25, 0.3) is 5.56 Å². The van der Waals surface area contributed by atoms with Crippen molar-refractivity contribution >= 4 is 12.0 Å². The van der Waals surface area contributed by atoms with E-state index < -0.39 is 48.4 Å². The van der Waals surface area contributed by atoms with Crippen molar-refractivity contribution in [1.82, 2.24) is 9.55 Å². The molecule has 0 radical (unpaired) electrons. The minimum atomic E-state index is -1.48. The quantitative estimate of drug-likeness (QED) is 0.345. The van der Waals surface area contributed by atoms with E-state index in [-0.39, 0.29) is 5.56 Å². The fourth-order valence-corrected chi connectivity index (χ4v) is 2.14. The molecule has 1 fully saturated rings. The van der Waals surface area contributed by atoms with Gasteiger partial charge in [-0.3, -0.25) is 14.3 Å². The number of esters is 1. The number of nitrogens with zero attached hydrogens (tertiary/aromatic N) is 1. The Balaban J connectivity index is 2.40. The first-order chi connectivity index (χ1) is 10.9. The van der Waals surface area contributed by atoms with Crippen molar-refractivity contribution in [2.75, 3.05) is 13.7 Å². The summed E-state index contributed by atoms with van der Waals surface area (Å²) in [6.07, 6.45) is -2.05. The molecule has 0 aliphatic carbocycles. The average molecular weight is 328 g/mol. The summed E-state index contributed by atoms with van der Waals surface area (Å²) < 4.78 is 10.5. The number of aliphatic hydroxyl groups is 3. The van der Waals surface area contributed by atoms with Crippen LogP contribution in [-0.2, 0) is 14.3 Å². The second kappa shape index (κ2) is 6.87. The predicted octanol–water partition coefficient (Wildman–Crippen LogP) is -2.67. The Kier molecular flexibility index (Phi) is 5.11. The van der Waals surface area contributed by atoms with Gasteiger partial charge in [0.15, 0.2) is 6.23 Å². The van der Waals surface area contributed by atoms with Gasteiger partial charge in [-0.25, -0.2) is 9.59 Å². The van der Waals surface area contributed by atoms with Crippen LogP contribution >= 0.6 is 0 Å². The normalized spacial score (nSPS) is 27.5. The van der Waals surface area contributed by atoms with E-state index in [1.54, 1.807) is 0 Å². The standard InChI is InChI=1S/C13H16N2O8/c1-22-8(17)3-2-6-4-15(13(21)14-11(6)20)12-10(19)9(18)7(5-16)23-12/h2-4,7,9-10,12,16,18-19H,5H2,1H3,(H,14,20,21)/b3-2+/t7-,9+,10?,12-/m1/s1. The third-order valence-corrected chi connectivity index (χ3v) is 3.39. The van der Waals surface area contributed by atoms with E-state index in [1.165, 1.54) is 0 Å². The maximum Gasteiger partial charge on any atom is 0.330 e. The average Bonchev–Trinajstić information content (AvgIpc) is 2.81. The summed E-state index contributed by atoms with van der Waals surface area (Å²) in [6.45, 7) is -0.554. The Morgan fingerprint density at radius 1 is 1.43 bits per heavy atom. The molecule has 2 heterocycles. The molecular weight excluding hydrogens is 312 g/mol. The zero-order valence-corrected chi connectivity index (χ0v) is 12.1. The number of carbonyl (C=O) groups is 1. The summed E-state index contributed by atoms with van der Waals surface area (Å²) in [5.41, 5.74) is -1.69. The van der Waals surface area contributed by atoms with Crippen molar-refractivity contribution in [3.05, 3.63) is 38.7 Å². The second-order valence-electron chi connectivity index (χ2n) is 4.84. The van der Waals surface area contributed by atoms with E-state index >= 15 is 0 Å². The zero-order chi connectivity index (χ0) is 17.1. The van der Waals surface area contributed by atoms with E-state index in [2.05, 4.69) is 4.74 Å². The van der Waals surface area contributed by atoms with Gasteiger partial charge >= 0.3 is 11.7 Å². The molecule has 1 unspecified atom stereocenters.